The SMILES string of the molecule is C[C@H](NC(=O)CCCNc1ccccn1)C(=O)N(Sc1cccc(C(c2ccccc2)c2ccccc2)c1)C(CC(=O)O)c1ccc(-c2ccccc2)cc1. The van der Waals surface area contributed by atoms with E-state index in [0.717, 1.165) is 38.5 Å². The first kappa shape index (κ1) is 38.5. The van der Waals surface area contributed by atoms with E-state index < -0.39 is 24.0 Å². The van der Waals surface area contributed by atoms with Crippen LogP contribution in [0.25, 0.3) is 11.1 Å². The molecule has 0 aliphatic heterocycles. The topological polar surface area (TPSA) is 112 Å². The summed E-state index contributed by atoms with van der Waals surface area (Å²) in [6.45, 7) is 2.19. The molecule has 5 aromatic carbocycles. The highest BCUT2D eigenvalue weighted by Gasteiger charge is 2.33. The molecule has 6 aromatic rings. The third-order valence-electron chi connectivity index (χ3n) is 9.23. The molecule has 6 rings (SSSR count). The fourth-order valence-corrected chi connectivity index (χ4v) is 7.65. The van der Waals surface area contributed by atoms with Gasteiger partial charge in [0.05, 0.1) is 12.5 Å². The maximum absolute atomic E-state index is 14.5. The molecule has 0 aliphatic rings. The standard InChI is InChI=1S/C46H44N4O4S/c1-33(49-43(51)24-14-30-48-42-23-11-12-29-47-42)46(54)50(41(32-44(52)53)36-27-25-35(26-28-36)34-15-5-2-6-16-34)55-40-22-13-21-39(31-40)45(37-17-7-3-8-18-37)38-19-9-4-10-20-38/h2-13,15-23,25-29,31,33,41,45H,14,24,30,32H2,1H3,(H,47,48)(H,49,51)(H,52,53)/t33-,41?/m0/s1. The Morgan fingerprint density at radius 2 is 1.29 bits per heavy atom. The van der Waals surface area contributed by atoms with Gasteiger partial charge in [-0.15, -0.1) is 0 Å². The number of carbonyl (C=O) groups is 3. The molecule has 0 radical (unpaired) electrons. The van der Waals surface area contributed by atoms with Crippen molar-refractivity contribution in [1.82, 2.24) is 14.6 Å². The number of nitrogens with one attached hydrogen (secondary N) is 2. The molecule has 55 heavy (non-hydrogen) atoms. The summed E-state index contributed by atoms with van der Waals surface area (Å²) in [5.41, 5.74) is 5.95. The van der Waals surface area contributed by atoms with Crippen LogP contribution < -0.4 is 10.6 Å². The summed E-state index contributed by atoms with van der Waals surface area (Å²) < 4.78 is 1.53. The monoisotopic (exact) mass is 748 g/mol. The number of amides is 2. The van der Waals surface area contributed by atoms with Crippen LogP contribution in [0.2, 0.25) is 0 Å². The van der Waals surface area contributed by atoms with Crippen LogP contribution in [0.4, 0.5) is 5.82 Å². The van der Waals surface area contributed by atoms with Crippen molar-refractivity contribution in [3.05, 3.63) is 186 Å². The van der Waals surface area contributed by atoms with Crippen molar-refractivity contribution in [3.63, 3.8) is 0 Å². The van der Waals surface area contributed by atoms with Crippen LogP contribution >= 0.6 is 11.9 Å². The number of carboxylic acid groups (broad SMARTS) is 1. The highest BCUT2D eigenvalue weighted by Crippen LogP contribution is 2.39. The van der Waals surface area contributed by atoms with Gasteiger partial charge in [0.1, 0.15) is 11.9 Å². The minimum absolute atomic E-state index is 0.0715. The zero-order chi connectivity index (χ0) is 38.4. The number of aliphatic carboxylic acids is 1. The largest absolute Gasteiger partial charge is 0.481 e. The number of carbonyl (C=O) groups excluding carboxylic acids is 2. The van der Waals surface area contributed by atoms with E-state index in [1.165, 1.54) is 16.3 Å². The zero-order valence-corrected chi connectivity index (χ0v) is 31.4. The minimum atomic E-state index is -1.05. The number of pyridine rings is 1. The quantitative estimate of drug-likeness (QED) is 0.0484. The number of rotatable bonds is 17. The van der Waals surface area contributed by atoms with E-state index in [2.05, 4.69) is 52.0 Å². The second-order valence-corrected chi connectivity index (χ2v) is 14.3. The average molecular weight is 749 g/mol. The van der Waals surface area contributed by atoms with E-state index >= 15 is 0 Å². The van der Waals surface area contributed by atoms with Gasteiger partial charge in [-0.05, 0) is 82.9 Å². The molecule has 3 N–H and O–H groups in total. The number of anilines is 1. The molecule has 278 valence electrons. The number of aromatic nitrogens is 1. The average Bonchev–Trinajstić information content (AvgIpc) is 3.22. The van der Waals surface area contributed by atoms with Crippen molar-refractivity contribution in [3.8, 4) is 11.1 Å². The van der Waals surface area contributed by atoms with Crippen molar-refractivity contribution in [2.75, 3.05) is 11.9 Å². The molecule has 0 bridgehead atoms. The lowest BCUT2D eigenvalue weighted by Crippen LogP contribution is -2.46. The van der Waals surface area contributed by atoms with Crippen molar-refractivity contribution in [2.45, 2.75) is 49.1 Å². The van der Waals surface area contributed by atoms with Crippen molar-refractivity contribution in [1.29, 1.82) is 0 Å². The summed E-state index contributed by atoms with van der Waals surface area (Å²) in [4.78, 5) is 45.1. The summed E-state index contributed by atoms with van der Waals surface area (Å²) in [7, 11) is 0. The summed E-state index contributed by atoms with van der Waals surface area (Å²) in [5.74, 6) is -1.07. The van der Waals surface area contributed by atoms with Crippen molar-refractivity contribution >= 4 is 35.5 Å². The van der Waals surface area contributed by atoms with Gasteiger partial charge in [-0.1, -0.05) is 133 Å². The molecule has 0 spiro atoms. The van der Waals surface area contributed by atoms with Crippen LogP contribution in [-0.2, 0) is 14.4 Å². The number of carboxylic acids is 1. The lowest BCUT2D eigenvalue weighted by molar-refractivity contribution is -0.139. The summed E-state index contributed by atoms with van der Waals surface area (Å²) in [6.07, 6.45) is 2.10. The number of benzene rings is 5. The predicted octanol–water partition coefficient (Wildman–Crippen LogP) is 9.38. The lowest BCUT2D eigenvalue weighted by atomic mass is 9.85. The first-order valence-corrected chi connectivity index (χ1v) is 19.2. The Kier molecular flexibility index (Phi) is 13.5. The molecule has 0 fully saturated rings. The van der Waals surface area contributed by atoms with Crippen LogP contribution in [0.5, 0.6) is 0 Å². The van der Waals surface area contributed by atoms with Crippen molar-refractivity contribution in [2.24, 2.45) is 0 Å². The third kappa shape index (κ3) is 10.7. The molecule has 1 aromatic heterocycles. The Hall–Kier alpha value is -6.19. The van der Waals surface area contributed by atoms with Gasteiger partial charge in [-0.2, -0.15) is 0 Å². The first-order valence-electron chi connectivity index (χ1n) is 18.4. The molecule has 2 amide bonds. The summed E-state index contributed by atoms with van der Waals surface area (Å²) in [6, 6.07) is 49.9. The fraction of sp³-hybridized carbons (Fsp3) is 0.174. The molecular weight excluding hydrogens is 705 g/mol. The van der Waals surface area contributed by atoms with Crippen LogP contribution in [0.3, 0.4) is 0 Å². The first-order chi connectivity index (χ1) is 26.9. The Labute approximate surface area is 326 Å². The lowest BCUT2D eigenvalue weighted by Gasteiger charge is -2.32. The summed E-state index contributed by atoms with van der Waals surface area (Å²) in [5, 5.41) is 16.3. The van der Waals surface area contributed by atoms with Gasteiger partial charge in [-0.3, -0.25) is 18.7 Å². The maximum Gasteiger partial charge on any atom is 0.305 e. The molecule has 8 nitrogen and oxygen atoms in total. The molecule has 0 aliphatic carbocycles. The molecule has 0 saturated heterocycles. The van der Waals surface area contributed by atoms with E-state index in [1.54, 1.807) is 13.1 Å². The maximum atomic E-state index is 14.5. The minimum Gasteiger partial charge on any atom is -0.481 e. The Morgan fingerprint density at radius 1 is 0.691 bits per heavy atom. The number of hydrogen-bond acceptors (Lipinski definition) is 6. The van der Waals surface area contributed by atoms with Gasteiger partial charge in [0.15, 0.2) is 0 Å². The molecular formula is C46H44N4O4S. The van der Waals surface area contributed by atoms with Gasteiger partial charge < -0.3 is 15.7 Å². The van der Waals surface area contributed by atoms with E-state index in [-0.39, 0.29) is 24.7 Å². The van der Waals surface area contributed by atoms with Gasteiger partial charge in [0.25, 0.3) is 5.91 Å². The highest BCUT2D eigenvalue weighted by atomic mass is 32.2. The van der Waals surface area contributed by atoms with Crippen LogP contribution in [0.15, 0.2) is 169 Å². The van der Waals surface area contributed by atoms with Crippen molar-refractivity contribution < 1.29 is 19.5 Å². The molecule has 1 unspecified atom stereocenters. The van der Waals surface area contributed by atoms with Crippen LogP contribution in [-0.4, -0.2) is 44.8 Å². The molecule has 1 heterocycles. The zero-order valence-electron chi connectivity index (χ0n) is 30.6. The molecule has 2 atom stereocenters. The Morgan fingerprint density at radius 3 is 1.91 bits per heavy atom. The van der Waals surface area contributed by atoms with E-state index in [0.29, 0.717) is 18.5 Å². The molecule has 0 saturated carbocycles. The molecule has 9 heteroatoms. The van der Waals surface area contributed by atoms with Gasteiger partial charge >= 0.3 is 5.97 Å². The Bertz CT molecular complexity index is 2100. The van der Waals surface area contributed by atoms with Gasteiger partial charge in [0.2, 0.25) is 5.91 Å². The smallest absolute Gasteiger partial charge is 0.305 e. The third-order valence-corrected chi connectivity index (χ3v) is 10.3. The van der Waals surface area contributed by atoms with E-state index in [1.807, 2.05) is 121 Å². The van der Waals surface area contributed by atoms with E-state index in [4.69, 9.17) is 0 Å². The van der Waals surface area contributed by atoms with Crippen LogP contribution in [0.1, 0.15) is 60.4 Å². The van der Waals surface area contributed by atoms with Gasteiger partial charge in [-0.25, -0.2) is 4.98 Å². The van der Waals surface area contributed by atoms with Gasteiger partial charge in [0, 0.05) is 30.0 Å². The normalized spacial score (nSPS) is 12.0. The predicted molar refractivity (Wildman–Crippen MR) is 219 cm³/mol. The fourth-order valence-electron chi connectivity index (χ4n) is 6.52. The summed E-state index contributed by atoms with van der Waals surface area (Å²) >= 11 is 1.19. The van der Waals surface area contributed by atoms with E-state index in [9.17, 15) is 19.5 Å². The highest BCUT2D eigenvalue weighted by molar-refractivity contribution is 7.97. The number of nitrogens with zero attached hydrogens (tertiary/aromatic N) is 2. The second kappa shape index (κ2) is 19.2. The Balaban J connectivity index is 1.29. The second-order valence-electron chi connectivity index (χ2n) is 13.2. The van der Waals surface area contributed by atoms with Crippen LogP contribution in [0, 0.1) is 0 Å². The number of hydrogen-bond donors (Lipinski definition) is 3.